The van der Waals surface area contributed by atoms with Gasteiger partial charge in [0.05, 0.1) is 0 Å². The van der Waals surface area contributed by atoms with Crippen LogP contribution in [0.15, 0.2) is 48.4 Å². The van der Waals surface area contributed by atoms with Gasteiger partial charge in [0.2, 0.25) is 0 Å². The number of hydrogen-bond acceptors (Lipinski definition) is 3. The summed E-state index contributed by atoms with van der Waals surface area (Å²) in [6, 6.07) is 12.8. The molecule has 3 heteroatoms. The summed E-state index contributed by atoms with van der Waals surface area (Å²) >= 11 is 5.31. The molecule has 3 heterocycles. The fraction of sp³-hybridized carbons (Fsp3) is 0. The molecule has 3 aromatic rings. The van der Waals surface area contributed by atoms with E-state index >= 15 is 0 Å². The van der Waals surface area contributed by atoms with Crippen LogP contribution in [0.25, 0.3) is 30.4 Å². The van der Waals surface area contributed by atoms with Gasteiger partial charge in [-0.05, 0) is 60.0 Å². The van der Waals surface area contributed by atoms with Crippen molar-refractivity contribution in [2.24, 2.45) is 0 Å². The summed E-state index contributed by atoms with van der Waals surface area (Å²) in [4.78, 5) is 6.31. The van der Waals surface area contributed by atoms with Crippen LogP contribution >= 0.6 is 34.0 Å². The van der Waals surface area contributed by atoms with Gasteiger partial charge < -0.3 is 0 Å². The summed E-state index contributed by atoms with van der Waals surface area (Å²) in [5.74, 6) is 0. The van der Waals surface area contributed by atoms with E-state index in [1.54, 1.807) is 34.0 Å². The Morgan fingerprint density at radius 1 is 0.667 bits per heavy atom. The van der Waals surface area contributed by atoms with Crippen LogP contribution in [0.3, 0.4) is 0 Å². The largest absolute Gasteiger partial charge is 0.144 e. The molecule has 0 nitrogen and oxygen atoms in total. The second-order valence-electron chi connectivity index (χ2n) is 4.37. The van der Waals surface area contributed by atoms with Crippen molar-refractivity contribution >= 4 is 64.4 Å². The lowest BCUT2D eigenvalue weighted by molar-refractivity contribution is 1.90. The highest BCUT2D eigenvalue weighted by atomic mass is 32.1. The molecule has 21 heavy (non-hydrogen) atoms. The van der Waals surface area contributed by atoms with Gasteiger partial charge in [0.1, 0.15) is 0 Å². The van der Waals surface area contributed by atoms with Gasteiger partial charge in [-0.3, -0.25) is 0 Å². The molecule has 0 fully saturated rings. The zero-order valence-electron chi connectivity index (χ0n) is 11.4. The molecule has 0 aliphatic rings. The van der Waals surface area contributed by atoms with E-state index in [9.17, 15) is 0 Å². The van der Waals surface area contributed by atoms with E-state index < -0.39 is 0 Å². The molecule has 0 radical (unpaired) electrons. The van der Waals surface area contributed by atoms with E-state index in [4.69, 9.17) is 0 Å². The predicted molar refractivity (Wildman–Crippen MR) is 101 cm³/mol. The smallest absolute Gasteiger partial charge is 0.0277 e. The van der Waals surface area contributed by atoms with Crippen molar-refractivity contribution in [3.8, 4) is 0 Å². The first kappa shape index (κ1) is 14.3. The van der Waals surface area contributed by atoms with Gasteiger partial charge in [0, 0.05) is 24.4 Å². The van der Waals surface area contributed by atoms with Crippen molar-refractivity contribution in [2.45, 2.75) is 0 Å². The molecule has 0 saturated heterocycles. The van der Waals surface area contributed by atoms with Crippen molar-refractivity contribution in [1.29, 1.82) is 0 Å². The molecular weight excluding hydrogens is 312 g/mol. The van der Waals surface area contributed by atoms with Crippen LogP contribution in [0.5, 0.6) is 0 Å². The van der Waals surface area contributed by atoms with Gasteiger partial charge in [0.25, 0.3) is 0 Å². The number of rotatable bonds is 5. The minimum Gasteiger partial charge on any atom is -0.144 e. The molecule has 0 saturated carbocycles. The average Bonchev–Trinajstić information content (AvgIpc) is 3.24. The molecule has 0 unspecified atom stereocenters. The quantitative estimate of drug-likeness (QED) is 0.480. The molecular formula is C18H14S3. The van der Waals surface area contributed by atoms with Crippen LogP contribution in [-0.2, 0) is 0 Å². The van der Waals surface area contributed by atoms with Crippen LogP contribution in [0.4, 0.5) is 0 Å². The van der Waals surface area contributed by atoms with Gasteiger partial charge in [-0.25, -0.2) is 0 Å². The predicted octanol–water partition coefficient (Wildman–Crippen LogP) is 6.85. The van der Waals surface area contributed by atoms with E-state index in [1.165, 1.54) is 24.4 Å². The van der Waals surface area contributed by atoms with Gasteiger partial charge in [-0.15, -0.1) is 34.0 Å². The van der Waals surface area contributed by atoms with E-state index in [2.05, 4.69) is 72.7 Å². The first-order valence-corrected chi connectivity index (χ1v) is 9.06. The highest BCUT2D eigenvalue weighted by molar-refractivity contribution is 7.14. The summed E-state index contributed by atoms with van der Waals surface area (Å²) in [6.07, 6.45) is 10.6. The molecule has 104 valence electrons. The molecule has 0 bridgehead atoms. The summed E-state index contributed by atoms with van der Waals surface area (Å²) in [7, 11) is 0. The van der Waals surface area contributed by atoms with Crippen molar-refractivity contribution in [3.63, 3.8) is 0 Å². The van der Waals surface area contributed by atoms with E-state index in [0.717, 1.165) is 0 Å². The monoisotopic (exact) mass is 326 g/mol. The summed E-state index contributed by atoms with van der Waals surface area (Å²) in [6.45, 7) is 3.79. The molecule has 3 aromatic heterocycles. The van der Waals surface area contributed by atoms with Crippen molar-refractivity contribution < 1.29 is 0 Å². The van der Waals surface area contributed by atoms with Gasteiger partial charge in [-0.1, -0.05) is 18.7 Å². The lowest BCUT2D eigenvalue weighted by Gasteiger charge is -1.85. The Morgan fingerprint density at radius 3 is 1.67 bits per heavy atom. The second-order valence-corrected chi connectivity index (χ2v) is 7.64. The molecule has 0 N–H and O–H groups in total. The standard InChI is InChI=1S/C18H14S3/c1-2-14-5-7-16(20-14)9-10-18-12-11-17(21-18)8-6-15-4-3-13-19-15/h2-13H,1H2/b8-6+,10-9+. The molecule has 3 rings (SSSR count). The maximum absolute atomic E-state index is 3.79. The van der Waals surface area contributed by atoms with Crippen LogP contribution in [-0.4, -0.2) is 0 Å². The maximum atomic E-state index is 3.79. The molecule has 0 spiro atoms. The number of hydrogen-bond donors (Lipinski definition) is 0. The fourth-order valence-electron chi connectivity index (χ4n) is 1.83. The summed E-state index contributed by atoms with van der Waals surface area (Å²) in [5, 5.41) is 2.10. The Hall–Kier alpha value is -1.68. The Labute approximate surface area is 137 Å². The third kappa shape index (κ3) is 3.91. The van der Waals surface area contributed by atoms with Crippen LogP contribution in [0.1, 0.15) is 24.4 Å². The normalized spacial score (nSPS) is 11.6. The van der Waals surface area contributed by atoms with Crippen molar-refractivity contribution in [3.05, 3.63) is 72.7 Å². The lowest BCUT2D eigenvalue weighted by Crippen LogP contribution is -1.58. The van der Waals surface area contributed by atoms with Crippen LogP contribution in [0.2, 0.25) is 0 Å². The SMILES string of the molecule is C=Cc1ccc(/C=C/c2ccc(/C=C/c3cccs3)s2)s1. The fourth-order valence-corrected chi connectivity index (χ4v) is 4.03. The third-order valence-corrected chi connectivity index (χ3v) is 5.76. The lowest BCUT2D eigenvalue weighted by atomic mass is 10.3. The molecule has 0 aliphatic heterocycles. The number of thiophene rings is 3. The second kappa shape index (κ2) is 6.85. The summed E-state index contributed by atoms with van der Waals surface area (Å²) < 4.78 is 0. The Morgan fingerprint density at radius 2 is 1.19 bits per heavy atom. The van der Waals surface area contributed by atoms with E-state index in [1.807, 2.05) is 6.08 Å². The van der Waals surface area contributed by atoms with Gasteiger partial charge in [0.15, 0.2) is 0 Å². The Bertz CT molecular complexity index is 767. The average molecular weight is 327 g/mol. The minimum atomic E-state index is 1.21. The van der Waals surface area contributed by atoms with E-state index in [-0.39, 0.29) is 0 Å². The zero-order chi connectivity index (χ0) is 14.5. The minimum absolute atomic E-state index is 1.21. The van der Waals surface area contributed by atoms with Gasteiger partial charge in [-0.2, -0.15) is 0 Å². The summed E-state index contributed by atoms with van der Waals surface area (Å²) in [5.41, 5.74) is 0. The third-order valence-electron chi connectivity index (χ3n) is 2.86. The topological polar surface area (TPSA) is 0 Å². The first-order valence-electron chi connectivity index (χ1n) is 6.55. The molecule has 0 amide bonds. The highest BCUT2D eigenvalue weighted by Crippen LogP contribution is 2.24. The van der Waals surface area contributed by atoms with Crippen LogP contribution in [0, 0.1) is 0 Å². The van der Waals surface area contributed by atoms with Crippen LogP contribution < -0.4 is 0 Å². The Kier molecular flexibility index (Phi) is 4.65. The molecule has 0 atom stereocenters. The molecule has 0 aliphatic carbocycles. The van der Waals surface area contributed by atoms with Crippen molar-refractivity contribution in [1.82, 2.24) is 0 Å². The molecule has 0 aromatic carbocycles. The van der Waals surface area contributed by atoms with E-state index in [0.29, 0.717) is 0 Å². The Balaban J connectivity index is 1.68. The maximum Gasteiger partial charge on any atom is 0.0277 e. The zero-order valence-corrected chi connectivity index (χ0v) is 13.8. The van der Waals surface area contributed by atoms with Gasteiger partial charge >= 0.3 is 0 Å². The van der Waals surface area contributed by atoms with Crippen molar-refractivity contribution in [2.75, 3.05) is 0 Å². The highest BCUT2D eigenvalue weighted by Gasteiger charge is 1.96. The first-order chi connectivity index (χ1) is 10.3.